The maximum absolute atomic E-state index is 6.02. The predicted octanol–water partition coefficient (Wildman–Crippen LogP) is 3.35. The molecule has 3 heterocycles. The van der Waals surface area contributed by atoms with Gasteiger partial charge in [-0.1, -0.05) is 18.9 Å². The molecule has 1 fully saturated rings. The molecular formula is C20H28N4O. The smallest absolute Gasteiger partial charge is 0.0952 e. The Hall–Kier alpha value is -1.72. The van der Waals surface area contributed by atoms with Crippen molar-refractivity contribution < 1.29 is 4.74 Å². The maximum Gasteiger partial charge on any atom is 0.0952 e. The maximum atomic E-state index is 6.02. The van der Waals surface area contributed by atoms with E-state index in [1.54, 1.807) is 0 Å². The van der Waals surface area contributed by atoms with E-state index < -0.39 is 0 Å². The van der Waals surface area contributed by atoms with Crippen LogP contribution in [0.5, 0.6) is 0 Å². The van der Waals surface area contributed by atoms with E-state index in [0.717, 1.165) is 30.4 Å². The minimum absolute atomic E-state index is 0.345. The Morgan fingerprint density at radius 3 is 2.96 bits per heavy atom. The van der Waals surface area contributed by atoms with E-state index in [4.69, 9.17) is 4.74 Å². The van der Waals surface area contributed by atoms with Gasteiger partial charge in [0.25, 0.3) is 0 Å². The Kier molecular flexibility index (Phi) is 5.13. The summed E-state index contributed by atoms with van der Waals surface area (Å²) in [6, 6.07) is 6.43. The summed E-state index contributed by atoms with van der Waals surface area (Å²) in [7, 11) is 0. The zero-order chi connectivity index (χ0) is 17.1. The molecule has 5 heteroatoms. The summed E-state index contributed by atoms with van der Waals surface area (Å²) in [4.78, 5) is 11.5. The zero-order valence-electron chi connectivity index (χ0n) is 15.1. The summed E-state index contributed by atoms with van der Waals surface area (Å²) in [6.07, 6.45) is 9.59. The lowest BCUT2D eigenvalue weighted by molar-refractivity contribution is 0.0552. The molecule has 0 spiro atoms. The van der Waals surface area contributed by atoms with E-state index in [2.05, 4.69) is 19.4 Å². The zero-order valence-corrected chi connectivity index (χ0v) is 15.1. The third kappa shape index (κ3) is 4.10. The molecule has 2 aromatic rings. The van der Waals surface area contributed by atoms with Crippen molar-refractivity contribution in [2.45, 2.75) is 51.8 Å². The van der Waals surface area contributed by atoms with Gasteiger partial charge in [-0.25, -0.2) is 4.98 Å². The van der Waals surface area contributed by atoms with Crippen LogP contribution in [0.1, 0.15) is 48.8 Å². The normalized spacial score (nSPS) is 21.6. The quantitative estimate of drug-likeness (QED) is 0.809. The number of rotatable bonds is 6. The molecule has 1 saturated carbocycles. The highest BCUT2D eigenvalue weighted by molar-refractivity contribution is 5.09. The first-order valence-electron chi connectivity index (χ1n) is 9.51. The summed E-state index contributed by atoms with van der Waals surface area (Å²) in [5.41, 5.74) is 3.36. The van der Waals surface area contributed by atoms with Crippen molar-refractivity contribution in [2.24, 2.45) is 5.92 Å². The molecule has 0 saturated heterocycles. The van der Waals surface area contributed by atoms with Crippen LogP contribution in [-0.4, -0.2) is 39.1 Å². The van der Waals surface area contributed by atoms with Gasteiger partial charge in [-0.2, -0.15) is 0 Å². The van der Waals surface area contributed by atoms with Gasteiger partial charge in [-0.15, -0.1) is 0 Å². The molecule has 134 valence electrons. The third-order valence-corrected chi connectivity index (χ3v) is 5.49. The van der Waals surface area contributed by atoms with Crippen molar-refractivity contribution in [2.75, 3.05) is 19.7 Å². The summed E-state index contributed by atoms with van der Waals surface area (Å²) >= 11 is 0. The third-order valence-electron chi connectivity index (χ3n) is 5.49. The molecule has 1 atom stereocenters. The first kappa shape index (κ1) is 16.7. The van der Waals surface area contributed by atoms with Crippen LogP contribution in [0, 0.1) is 12.8 Å². The van der Waals surface area contributed by atoms with Gasteiger partial charge in [-0.05, 0) is 37.8 Å². The SMILES string of the molecule is Cc1cccc(COCC2CN(CC3CCCC3)Cc3cncn32)n1. The number of fused-ring (bicyclic) bond motifs is 1. The molecule has 1 aliphatic heterocycles. The number of pyridine rings is 1. The highest BCUT2D eigenvalue weighted by atomic mass is 16.5. The van der Waals surface area contributed by atoms with E-state index in [0.29, 0.717) is 19.3 Å². The van der Waals surface area contributed by atoms with E-state index in [1.807, 2.05) is 37.6 Å². The second-order valence-corrected chi connectivity index (χ2v) is 7.58. The largest absolute Gasteiger partial charge is 0.373 e. The Morgan fingerprint density at radius 2 is 2.12 bits per heavy atom. The lowest BCUT2D eigenvalue weighted by Gasteiger charge is -2.35. The van der Waals surface area contributed by atoms with Crippen LogP contribution < -0.4 is 0 Å². The van der Waals surface area contributed by atoms with Gasteiger partial charge < -0.3 is 9.30 Å². The lowest BCUT2D eigenvalue weighted by Crippen LogP contribution is -2.40. The van der Waals surface area contributed by atoms with Crippen molar-refractivity contribution in [3.63, 3.8) is 0 Å². The molecule has 0 N–H and O–H groups in total. The summed E-state index contributed by atoms with van der Waals surface area (Å²) in [5, 5.41) is 0. The van der Waals surface area contributed by atoms with Gasteiger partial charge in [0.05, 0.1) is 37.0 Å². The summed E-state index contributed by atoms with van der Waals surface area (Å²) < 4.78 is 8.32. The van der Waals surface area contributed by atoms with Crippen molar-refractivity contribution >= 4 is 0 Å². The number of aryl methyl sites for hydroxylation is 1. The van der Waals surface area contributed by atoms with Crippen molar-refractivity contribution in [1.29, 1.82) is 0 Å². The second kappa shape index (κ2) is 7.67. The fourth-order valence-electron chi connectivity index (χ4n) is 4.27. The van der Waals surface area contributed by atoms with Crippen molar-refractivity contribution in [1.82, 2.24) is 19.4 Å². The molecule has 0 aromatic carbocycles. The van der Waals surface area contributed by atoms with E-state index in [1.165, 1.54) is 37.9 Å². The van der Waals surface area contributed by atoms with Crippen molar-refractivity contribution in [3.8, 4) is 0 Å². The van der Waals surface area contributed by atoms with Crippen molar-refractivity contribution in [3.05, 3.63) is 47.8 Å². The summed E-state index contributed by atoms with van der Waals surface area (Å²) in [6.45, 7) is 6.60. The van der Waals surface area contributed by atoms with Gasteiger partial charge >= 0.3 is 0 Å². The molecule has 25 heavy (non-hydrogen) atoms. The fourth-order valence-corrected chi connectivity index (χ4v) is 4.27. The monoisotopic (exact) mass is 340 g/mol. The number of nitrogens with zero attached hydrogens (tertiary/aromatic N) is 4. The van der Waals surface area contributed by atoms with Gasteiger partial charge in [0.15, 0.2) is 0 Å². The lowest BCUT2D eigenvalue weighted by atomic mass is 10.1. The van der Waals surface area contributed by atoms with Crippen LogP contribution in [0.15, 0.2) is 30.7 Å². The molecule has 0 amide bonds. The Morgan fingerprint density at radius 1 is 1.24 bits per heavy atom. The molecule has 2 aromatic heterocycles. The van der Waals surface area contributed by atoms with E-state index in [9.17, 15) is 0 Å². The molecule has 1 aliphatic carbocycles. The number of ether oxygens (including phenoxy) is 1. The number of imidazole rings is 1. The Bertz CT molecular complexity index is 693. The van der Waals surface area contributed by atoms with Crippen LogP contribution >= 0.6 is 0 Å². The van der Waals surface area contributed by atoms with Gasteiger partial charge in [0, 0.05) is 31.5 Å². The predicted molar refractivity (Wildman–Crippen MR) is 97.1 cm³/mol. The van der Waals surface area contributed by atoms with Gasteiger partial charge in [0.1, 0.15) is 0 Å². The minimum Gasteiger partial charge on any atom is -0.373 e. The van der Waals surface area contributed by atoms with Crippen LogP contribution in [-0.2, 0) is 17.9 Å². The van der Waals surface area contributed by atoms with Gasteiger partial charge in [-0.3, -0.25) is 9.88 Å². The minimum atomic E-state index is 0.345. The standard InChI is InChI=1S/C20H28N4O/c1-16-5-4-8-18(22-16)13-25-14-20-12-23(10-17-6-2-3-7-17)11-19-9-21-15-24(19)20/h4-5,8-9,15,17,20H,2-3,6-7,10-14H2,1H3. The van der Waals surface area contributed by atoms with E-state index >= 15 is 0 Å². The highest BCUT2D eigenvalue weighted by Crippen LogP contribution is 2.28. The molecule has 0 radical (unpaired) electrons. The highest BCUT2D eigenvalue weighted by Gasteiger charge is 2.27. The summed E-state index contributed by atoms with van der Waals surface area (Å²) in [5.74, 6) is 0.882. The van der Waals surface area contributed by atoms with Crippen LogP contribution in [0.4, 0.5) is 0 Å². The topological polar surface area (TPSA) is 43.2 Å². The van der Waals surface area contributed by atoms with Gasteiger partial charge in [0.2, 0.25) is 0 Å². The first-order valence-corrected chi connectivity index (χ1v) is 9.51. The second-order valence-electron chi connectivity index (χ2n) is 7.58. The Balaban J connectivity index is 1.36. The number of hydrogen-bond acceptors (Lipinski definition) is 4. The molecular weight excluding hydrogens is 312 g/mol. The molecule has 0 bridgehead atoms. The average molecular weight is 340 g/mol. The molecule has 2 aliphatic rings. The first-order chi connectivity index (χ1) is 12.3. The molecule has 1 unspecified atom stereocenters. The Labute approximate surface area is 150 Å². The fraction of sp³-hybridized carbons (Fsp3) is 0.600. The van der Waals surface area contributed by atoms with Crippen LogP contribution in [0.3, 0.4) is 0 Å². The molecule has 4 rings (SSSR count). The molecule has 5 nitrogen and oxygen atoms in total. The van der Waals surface area contributed by atoms with Crippen LogP contribution in [0.2, 0.25) is 0 Å². The average Bonchev–Trinajstić information content (AvgIpc) is 3.26. The number of hydrogen-bond donors (Lipinski definition) is 0. The number of aromatic nitrogens is 3. The van der Waals surface area contributed by atoms with E-state index in [-0.39, 0.29) is 0 Å². The van der Waals surface area contributed by atoms with Crippen LogP contribution in [0.25, 0.3) is 0 Å².